The quantitative estimate of drug-likeness (QED) is 0.508. The van der Waals surface area contributed by atoms with E-state index in [0.717, 1.165) is 23.8 Å². The highest BCUT2D eigenvalue weighted by atomic mass is 16.1. The van der Waals surface area contributed by atoms with E-state index in [2.05, 4.69) is 6.07 Å². The summed E-state index contributed by atoms with van der Waals surface area (Å²) in [6.45, 7) is 4.03. The first-order valence-corrected chi connectivity index (χ1v) is 4.48. The molecule has 0 heterocycles. The van der Waals surface area contributed by atoms with Crippen LogP contribution >= 0.6 is 0 Å². The second kappa shape index (κ2) is 4.61. The van der Waals surface area contributed by atoms with Crippen LogP contribution in [0.15, 0.2) is 29.8 Å². The van der Waals surface area contributed by atoms with Crippen molar-refractivity contribution in [3.63, 3.8) is 0 Å². The van der Waals surface area contributed by atoms with Crippen molar-refractivity contribution >= 4 is 12.4 Å². The number of carbonyl (C=O) groups is 1. The highest BCUT2D eigenvalue weighted by molar-refractivity contribution is 5.81. The Morgan fingerprint density at radius 3 is 2.77 bits per heavy atom. The Labute approximate surface area is 79.1 Å². The number of hydrogen-bond donors (Lipinski definition) is 0. The number of hydrogen-bond acceptors (Lipinski definition) is 1. The number of benzene rings is 1. The van der Waals surface area contributed by atoms with Crippen molar-refractivity contribution < 1.29 is 4.79 Å². The van der Waals surface area contributed by atoms with E-state index in [9.17, 15) is 4.79 Å². The molecule has 1 rings (SSSR count). The molecular weight excluding hydrogens is 160 g/mol. The van der Waals surface area contributed by atoms with Crippen molar-refractivity contribution in [3.05, 3.63) is 41.0 Å². The summed E-state index contributed by atoms with van der Waals surface area (Å²) in [5, 5.41) is 0. The molecule has 0 saturated heterocycles. The zero-order valence-electron chi connectivity index (χ0n) is 8.08. The standard InChI is InChI=1S/C12H14O/c1-3-11(9-13)8-12-6-4-5-10(2)7-12/h4-9H,3H2,1-2H3/b11-8+. The average molecular weight is 174 g/mol. The predicted molar refractivity (Wildman–Crippen MR) is 55.5 cm³/mol. The Morgan fingerprint density at radius 1 is 1.46 bits per heavy atom. The Kier molecular flexibility index (Phi) is 3.44. The van der Waals surface area contributed by atoms with E-state index < -0.39 is 0 Å². The van der Waals surface area contributed by atoms with Gasteiger partial charge in [-0.05, 0) is 30.6 Å². The summed E-state index contributed by atoms with van der Waals surface area (Å²) in [6, 6.07) is 8.12. The van der Waals surface area contributed by atoms with Gasteiger partial charge in [-0.3, -0.25) is 4.79 Å². The maximum atomic E-state index is 10.6. The van der Waals surface area contributed by atoms with Gasteiger partial charge in [-0.25, -0.2) is 0 Å². The van der Waals surface area contributed by atoms with Gasteiger partial charge in [0.2, 0.25) is 0 Å². The molecule has 0 aliphatic carbocycles. The maximum absolute atomic E-state index is 10.6. The molecule has 0 spiro atoms. The van der Waals surface area contributed by atoms with Gasteiger partial charge in [0.1, 0.15) is 6.29 Å². The van der Waals surface area contributed by atoms with Crippen molar-refractivity contribution in [1.82, 2.24) is 0 Å². The second-order valence-electron chi connectivity index (χ2n) is 3.10. The third-order valence-electron chi connectivity index (χ3n) is 1.95. The Balaban J connectivity index is 2.95. The van der Waals surface area contributed by atoms with Crippen molar-refractivity contribution in [1.29, 1.82) is 0 Å². The van der Waals surface area contributed by atoms with Gasteiger partial charge in [-0.2, -0.15) is 0 Å². The van der Waals surface area contributed by atoms with Gasteiger partial charge < -0.3 is 0 Å². The van der Waals surface area contributed by atoms with Crippen LogP contribution in [-0.4, -0.2) is 6.29 Å². The lowest BCUT2D eigenvalue weighted by atomic mass is 10.1. The van der Waals surface area contributed by atoms with Crippen molar-refractivity contribution in [2.24, 2.45) is 0 Å². The highest BCUT2D eigenvalue weighted by Crippen LogP contribution is 2.09. The predicted octanol–water partition coefficient (Wildman–Crippen LogP) is 2.99. The molecule has 1 heteroatoms. The lowest BCUT2D eigenvalue weighted by Crippen LogP contribution is -1.82. The number of aryl methyl sites for hydroxylation is 1. The van der Waals surface area contributed by atoms with Crippen LogP contribution in [0.3, 0.4) is 0 Å². The van der Waals surface area contributed by atoms with Crippen LogP contribution in [-0.2, 0) is 4.79 Å². The molecule has 1 nitrogen and oxygen atoms in total. The molecular formula is C12H14O. The molecule has 0 atom stereocenters. The first-order valence-electron chi connectivity index (χ1n) is 4.48. The molecule has 0 radical (unpaired) electrons. The zero-order valence-corrected chi connectivity index (χ0v) is 8.08. The number of allylic oxidation sites excluding steroid dienone is 1. The van der Waals surface area contributed by atoms with Crippen LogP contribution < -0.4 is 0 Å². The Hall–Kier alpha value is -1.37. The average Bonchev–Trinajstić information content (AvgIpc) is 2.14. The molecule has 68 valence electrons. The van der Waals surface area contributed by atoms with Crippen molar-refractivity contribution in [3.8, 4) is 0 Å². The van der Waals surface area contributed by atoms with Gasteiger partial charge in [0.15, 0.2) is 0 Å². The van der Waals surface area contributed by atoms with E-state index in [1.165, 1.54) is 5.56 Å². The molecule has 0 aliphatic rings. The Bertz CT molecular complexity index is 324. The fourth-order valence-electron chi connectivity index (χ4n) is 1.19. The third-order valence-corrected chi connectivity index (χ3v) is 1.95. The van der Waals surface area contributed by atoms with Gasteiger partial charge in [0.25, 0.3) is 0 Å². The van der Waals surface area contributed by atoms with Crippen LogP contribution in [0.5, 0.6) is 0 Å². The molecule has 1 aromatic rings. The second-order valence-corrected chi connectivity index (χ2v) is 3.10. The molecule has 0 amide bonds. The molecule has 0 saturated carbocycles. The zero-order chi connectivity index (χ0) is 9.68. The lowest BCUT2D eigenvalue weighted by molar-refractivity contribution is -0.104. The molecule has 0 N–H and O–H groups in total. The van der Waals surface area contributed by atoms with E-state index in [1.54, 1.807) is 0 Å². The minimum absolute atomic E-state index is 0.789. The molecule has 0 aliphatic heterocycles. The summed E-state index contributed by atoms with van der Waals surface area (Å²) in [7, 11) is 0. The van der Waals surface area contributed by atoms with Crippen LogP contribution in [0.25, 0.3) is 6.08 Å². The van der Waals surface area contributed by atoms with Gasteiger partial charge >= 0.3 is 0 Å². The van der Waals surface area contributed by atoms with Crippen LogP contribution in [0.4, 0.5) is 0 Å². The fraction of sp³-hybridized carbons (Fsp3) is 0.250. The number of aldehydes is 1. The monoisotopic (exact) mass is 174 g/mol. The van der Waals surface area contributed by atoms with Gasteiger partial charge in [-0.1, -0.05) is 36.8 Å². The van der Waals surface area contributed by atoms with Crippen LogP contribution in [0, 0.1) is 6.92 Å². The van der Waals surface area contributed by atoms with E-state index in [1.807, 2.05) is 38.1 Å². The number of carbonyl (C=O) groups excluding carboxylic acids is 1. The van der Waals surface area contributed by atoms with Gasteiger partial charge in [0, 0.05) is 0 Å². The largest absolute Gasteiger partial charge is 0.298 e. The summed E-state index contributed by atoms with van der Waals surface area (Å²) >= 11 is 0. The summed E-state index contributed by atoms with van der Waals surface area (Å²) in [5.41, 5.74) is 3.16. The summed E-state index contributed by atoms with van der Waals surface area (Å²) in [4.78, 5) is 10.6. The fourth-order valence-corrected chi connectivity index (χ4v) is 1.19. The summed E-state index contributed by atoms with van der Waals surface area (Å²) < 4.78 is 0. The van der Waals surface area contributed by atoms with Crippen LogP contribution in [0.2, 0.25) is 0 Å². The van der Waals surface area contributed by atoms with Crippen LogP contribution in [0.1, 0.15) is 24.5 Å². The van der Waals surface area contributed by atoms with E-state index in [-0.39, 0.29) is 0 Å². The van der Waals surface area contributed by atoms with E-state index in [4.69, 9.17) is 0 Å². The van der Waals surface area contributed by atoms with E-state index >= 15 is 0 Å². The molecule has 0 unspecified atom stereocenters. The maximum Gasteiger partial charge on any atom is 0.146 e. The number of rotatable bonds is 3. The van der Waals surface area contributed by atoms with Gasteiger partial charge in [0.05, 0.1) is 0 Å². The molecule has 0 aromatic heterocycles. The van der Waals surface area contributed by atoms with E-state index in [0.29, 0.717) is 0 Å². The highest BCUT2D eigenvalue weighted by Gasteiger charge is 1.92. The Morgan fingerprint density at radius 2 is 2.23 bits per heavy atom. The SMILES string of the molecule is CC/C(C=O)=C\c1cccc(C)c1. The van der Waals surface area contributed by atoms with Gasteiger partial charge in [-0.15, -0.1) is 0 Å². The lowest BCUT2D eigenvalue weighted by Gasteiger charge is -1.97. The molecule has 1 aromatic carbocycles. The first kappa shape index (κ1) is 9.72. The van der Waals surface area contributed by atoms with Crippen molar-refractivity contribution in [2.75, 3.05) is 0 Å². The smallest absolute Gasteiger partial charge is 0.146 e. The summed E-state index contributed by atoms with van der Waals surface area (Å²) in [5.74, 6) is 0. The van der Waals surface area contributed by atoms with Crippen molar-refractivity contribution in [2.45, 2.75) is 20.3 Å². The minimum Gasteiger partial charge on any atom is -0.298 e. The first-order chi connectivity index (χ1) is 6.26. The molecule has 13 heavy (non-hydrogen) atoms. The molecule has 0 bridgehead atoms. The normalized spacial score (nSPS) is 11.4. The topological polar surface area (TPSA) is 17.1 Å². The summed E-state index contributed by atoms with van der Waals surface area (Å²) in [6.07, 6.45) is 3.64. The third kappa shape index (κ3) is 2.86. The minimum atomic E-state index is 0.789. The molecule has 0 fully saturated rings.